The van der Waals surface area contributed by atoms with Gasteiger partial charge in [-0.3, -0.25) is 4.31 Å². The summed E-state index contributed by atoms with van der Waals surface area (Å²) in [6.45, 7) is 10.4. The van der Waals surface area contributed by atoms with Crippen molar-refractivity contribution in [2.75, 3.05) is 4.31 Å². The van der Waals surface area contributed by atoms with Gasteiger partial charge in [0, 0.05) is 16.7 Å². The molecule has 1 aromatic heterocycles. The first kappa shape index (κ1) is 18.4. The maximum absolute atomic E-state index is 6.25. The quantitative estimate of drug-likeness (QED) is 0.451. The molecule has 1 saturated heterocycles. The van der Waals surface area contributed by atoms with Gasteiger partial charge >= 0.3 is 7.12 Å². The lowest BCUT2D eigenvalue weighted by atomic mass is 9.76. The van der Waals surface area contributed by atoms with Crippen molar-refractivity contribution in [1.82, 2.24) is 4.98 Å². The molecule has 0 aliphatic carbocycles. The second kappa shape index (κ2) is 6.57. The first-order chi connectivity index (χ1) is 12.8. The number of hydrogen-bond donors (Lipinski definition) is 0. The molecule has 2 aromatic rings. The number of aryl methyl sites for hydroxylation is 1. The molecule has 4 nitrogen and oxygen atoms in total. The molecular formula is C21H23BN2O2S. The Kier molecular flexibility index (Phi) is 4.48. The summed E-state index contributed by atoms with van der Waals surface area (Å²) < 4.78 is 14.5. The SMILES string of the molecule is Cc1ccc(SN2C=C=Cc3c(B4OC(C)(C)C(C)(C)O4)ccnc32)cc1. The molecule has 1 aromatic carbocycles. The molecular weight excluding hydrogens is 355 g/mol. The van der Waals surface area contributed by atoms with Crippen LogP contribution in [0.1, 0.15) is 38.8 Å². The highest BCUT2D eigenvalue weighted by Gasteiger charge is 2.52. The van der Waals surface area contributed by atoms with Crippen molar-refractivity contribution in [2.45, 2.75) is 50.7 Å². The zero-order valence-electron chi connectivity index (χ0n) is 16.3. The van der Waals surface area contributed by atoms with Crippen molar-refractivity contribution in [3.63, 3.8) is 0 Å². The van der Waals surface area contributed by atoms with Crippen LogP contribution < -0.4 is 9.77 Å². The average molecular weight is 378 g/mol. The van der Waals surface area contributed by atoms with Gasteiger partial charge in [-0.15, -0.1) is 5.73 Å². The van der Waals surface area contributed by atoms with E-state index in [1.165, 1.54) is 5.56 Å². The van der Waals surface area contributed by atoms with Gasteiger partial charge in [0.15, 0.2) is 5.82 Å². The third-order valence-corrected chi connectivity index (χ3v) is 6.32. The van der Waals surface area contributed by atoms with Crippen LogP contribution in [0.25, 0.3) is 6.08 Å². The lowest BCUT2D eigenvalue weighted by Crippen LogP contribution is -2.41. The van der Waals surface area contributed by atoms with Gasteiger partial charge in [-0.2, -0.15) is 0 Å². The number of aromatic nitrogens is 1. The van der Waals surface area contributed by atoms with Crippen molar-refractivity contribution in [1.29, 1.82) is 0 Å². The Balaban J connectivity index is 1.67. The molecule has 0 amide bonds. The second-order valence-electron chi connectivity index (χ2n) is 7.90. The third kappa shape index (κ3) is 3.35. The van der Waals surface area contributed by atoms with Crippen molar-refractivity contribution in [3.05, 3.63) is 59.6 Å². The normalized spacial score (nSPS) is 19.4. The van der Waals surface area contributed by atoms with E-state index < -0.39 is 7.12 Å². The highest BCUT2D eigenvalue weighted by Crippen LogP contribution is 2.38. The van der Waals surface area contributed by atoms with Crippen LogP contribution in [0.3, 0.4) is 0 Å². The van der Waals surface area contributed by atoms with Gasteiger partial charge in [-0.1, -0.05) is 17.7 Å². The van der Waals surface area contributed by atoms with Gasteiger partial charge in [0.25, 0.3) is 0 Å². The number of pyridine rings is 1. The molecule has 0 bridgehead atoms. The third-order valence-electron chi connectivity index (χ3n) is 5.36. The zero-order chi connectivity index (χ0) is 19.2. The van der Waals surface area contributed by atoms with E-state index in [1.807, 2.05) is 28.8 Å². The molecule has 1 fully saturated rings. The Hall–Kier alpha value is -1.98. The molecule has 4 rings (SSSR count). The molecule has 2 aliphatic heterocycles. The van der Waals surface area contributed by atoms with E-state index in [2.05, 4.69) is 69.6 Å². The molecule has 0 N–H and O–H groups in total. The minimum absolute atomic E-state index is 0.377. The van der Waals surface area contributed by atoms with E-state index >= 15 is 0 Å². The van der Waals surface area contributed by atoms with Crippen molar-refractivity contribution >= 4 is 36.4 Å². The Bertz CT molecular complexity index is 918. The van der Waals surface area contributed by atoms with Gasteiger partial charge in [0.05, 0.1) is 17.4 Å². The Morgan fingerprint density at radius 2 is 1.70 bits per heavy atom. The number of benzene rings is 1. The number of nitrogens with zero attached hydrogens (tertiary/aromatic N) is 2. The van der Waals surface area contributed by atoms with Crippen molar-refractivity contribution < 1.29 is 9.31 Å². The summed E-state index contributed by atoms with van der Waals surface area (Å²) in [5.74, 6) is 0.867. The maximum Gasteiger partial charge on any atom is 0.495 e. The van der Waals surface area contributed by atoms with Crippen LogP contribution >= 0.6 is 11.9 Å². The average Bonchev–Trinajstić information content (AvgIpc) is 2.84. The number of fused-ring (bicyclic) bond motifs is 1. The molecule has 3 heterocycles. The molecule has 0 spiro atoms. The molecule has 0 radical (unpaired) electrons. The topological polar surface area (TPSA) is 34.6 Å². The first-order valence-corrected chi connectivity index (χ1v) is 9.85. The van der Waals surface area contributed by atoms with Crippen LogP contribution in [0.5, 0.6) is 0 Å². The van der Waals surface area contributed by atoms with Crippen molar-refractivity contribution in [3.8, 4) is 0 Å². The fourth-order valence-corrected chi connectivity index (χ4v) is 3.84. The summed E-state index contributed by atoms with van der Waals surface area (Å²) in [7, 11) is -0.422. The summed E-state index contributed by atoms with van der Waals surface area (Å²) in [6, 6.07) is 10.4. The predicted octanol–water partition coefficient (Wildman–Crippen LogP) is 4.34. The molecule has 0 saturated carbocycles. The largest absolute Gasteiger partial charge is 0.495 e. The number of anilines is 1. The van der Waals surface area contributed by atoms with Gasteiger partial charge in [-0.05, 0) is 76.3 Å². The summed E-state index contributed by atoms with van der Waals surface area (Å²) >= 11 is 1.62. The van der Waals surface area contributed by atoms with Gasteiger partial charge in [0.2, 0.25) is 0 Å². The highest BCUT2D eigenvalue weighted by molar-refractivity contribution is 8.00. The Morgan fingerprint density at radius 3 is 2.37 bits per heavy atom. The summed E-state index contributed by atoms with van der Waals surface area (Å²) in [5, 5.41) is 0. The van der Waals surface area contributed by atoms with Crippen LogP contribution in [0.2, 0.25) is 0 Å². The van der Waals surface area contributed by atoms with E-state index in [4.69, 9.17) is 9.31 Å². The molecule has 138 valence electrons. The Labute approximate surface area is 165 Å². The van der Waals surface area contributed by atoms with Crippen LogP contribution in [0.4, 0.5) is 5.82 Å². The lowest BCUT2D eigenvalue weighted by molar-refractivity contribution is 0.00578. The Morgan fingerprint density at radius 1 is 1.04 bits per heavy atom. The van der Waals surface area contributed by atoms with Crippen molar-refractivity contribution in [2.24, 2.45) is 0 Å². The maximum atomic E-state index is 6.25. The van der Waals surface area contributed by atoms with Crippen LogP contribution in [0, 0.1) is 6.92 Å². The second-order valence-corrected chi connectivity index (χ2v) is 8.94. The molecule has 2 aliphatic rings. The van der Waals surface area contributed by atoms with Crippen LogP contribution in [0.15, 0.2) is 53.4 Å². The van der Waals surface area contributed by atoms with Gasteiger partial charge in [-0.25, -0.2) is 4.98 Å². The molecule has 6 heteroatoms. The van der Waals surface area contributed by atoms with Crippen LogP contribution in [-0.2, 0) is 9.31 Å². The zero-order valence-corrected chi connectivity index (χ0v) is 17.1. The molecule has 27 heavy (non-hydrogen) atoms. The smallest absolute Gasteiger partial charge is 0.399 e. The molecule has 0 unspecified atom stereocenters. The standard InChI is InChI=1S/C21H23BN2O2S/c1-15-8-10-16(11-9-15)27-24-14-6-7-17-18(12-13-23-19(17)24)22-25-20(2,3)21(4,5)26-22/h7-14H,1-5H3. The minimum atomic E-state index is -0.422. The van der Waals surface area contributed by atoms with E-state index in [0.29, 0.717) is 0 Å². The van der Waals surface area contributed by atoms with E-state index in [0.717, 1.165) is 21.7 Å². The summed E-state index contributed by atoms with van der Waals surface area (Å²) in [5.41, 5.74) is 5.69. The van der Waals surface area contributed by atoms with E-state index in [1.54, 1.807) is 11.9 Å². The van der Waals surface area contributed by atoms with E-state index in [-0.39, 0.29) is 11.2 Å². The highest BCUT2D eigenvalue weighted by atomic mass is 32.2. The van der Waals surface area contributed by atoms with Crippen LogP contribution in [-0.4, -0.2) is 23.3 Å². The van der Waals surface area contributed by atoms with Gasteiger partial charge < -0.3 is 9.31 Å². The first-order valence-electron chi connectivity index (χ1n) is 9.08. The summed E-state index contributed by atoms with van der Waals surface area (Å²) in [4.78, 5) is 5.76. The number of rotatable bonds is 3. The summed E-state index contributed by atoms with van der Waals surface area (Å²) in [6.07, 6.45) is 5.68. The van der Waals surface area contributed by atoms with E-state index in [9.17, 15) is 0 Å². The minimum Gasteiger partial charge on any atom is -0.399 e. The number of hydrogen-bond acceptors (Lipinski definition) is 5. The fourth-order valence-electron chi connectivity index (χ4n) is 3.01. The van der Waals surface area contributed by atoms with Gasteiger partial charge in [0.1, 0.15) is 0 Å². The lowest BCUT2D eigenvalue weighted by Gasteiger charge is -2.32. The molecule has 0 atom stereocenters. The monoisotopic (exact) mass is 378 g/mol. The fraction of sp³-hybridized carbons (Fsp3) is 0.333. The predicted molar refractivity (Wildman–Crippen MR) is 112 cm³/mol.